The fourth-order valence-corrected chi connectivity index (χ4v) is 2.57. The molecule has 1 aromatic heterocycles. The largest absolute Gasteiger partial charge is 0.441 e. The lowest BCUT2D eigenvalue weighted by Gasteiger charge is -2.09. The number of nitrogens with zero attached hydrogens (tertiary/aromatic N) is 1. The van der Waals surface area contributed by atoms with Crippen molar-refractivity contribution in [1.82, 2.24) is 15.6 Å². The number of aromatic nitrogens is 1. The summed E-state index contributed by atoms with van der Waals surface area (Å²) >= 11 is 0. The second-order valence-electron chi connectivity index (χ2n) is 5.42. The van der Waals surface area contributed by atoms with Gasteiger partial charge in [0, 0.05) is 19.5 Å². The second-order valence-corrected chi connectivity index (χ2v) is 5.42. The highest BCUT2D eigenvalue weighted by molar-refractivity contribution is 5.82. The number of rotatable bonds is 4. The maximum Gasteiger partial charge on any atom is 0.237 e. The fraction of sp³-hybridized carbons (Fsp3) is 0.467. The van der Waals surface area contributed by atoms with E-state index in [9.17, 15) is 9.90 Å². The number of benzene rings is 1. The van der Waals surface area contributed by atoms with Crippen LogP contribution in [0.1, 0.15) is 17.9 Å². The molecule has 6 heteroatoms. The number of carbonyl (C=O) groups is 1. The minimum Gasteiger partial charge on any atom is -0.441 e. The molecule has 112 valence electrons. The molecule has 1 fully saturated rings. The highest BCUT2D eigenvalue weighted by atomic mass is 16.3. The Hall–Kier alpha value is -1.92. The van der Waals surface area contributed by atoms with Gasteiger partial charge in [0.2, 0.25) is 5.91 Å². The number of aliphatic hydroxyl groups excluding tert-OH is 1. The van der Waals surface area contributed by atoms with Crippen LogP contribution >= 0.6 is 0 Å². The summed E-state index contributed by atoms with van der Waals surface area (Å²) in [5.74, 6) is 0.540. The molecule has 3 rings (SSSR count). The Kier molecular flexibility index (Phi) is 3.90. The lowest BCUT2D eigenvalue weighted by atomic mass is 10.2. The molecule has 1 aromatic carbocycles. The number of hydrogen-bond donors (Lipinski definition) is 3. The molecular weight excluding hydrogens is 270 g/mol. The summed E-state index contributed by atoms with van der Waals surface area (Å²) in [6, 6.07) is 5.52. The summed E-state index contributed by atoms with van der Waals surface area (Å²) in [4.78, 5) is 16.3. The van der Waals surface area contributed by atoms with Crippen LogP contribution in [0, 0.1) is 6.92 Å². The maximum absolute atomic E-state index is 11.9. The molecule has 2 heterocycles. The molecule has 0 bridgehead atoms. The van der Waals surface area contributed by atoms with Crippen LogP contribution in [0.15, 0.2) is 22.6 Å². The molecule has 0 saturated carbocycles. The van der Waals surface area contributed by atoms with Crippen LogP contribution in [0.3, 0.4) is 0 Å². The molecule has 3 N–H and O–H groups in total. The van der Waals surface area contributed by atoms with Gasteiger partial charge in [-0.3, -0.25) is 4.79 Å². The molecule has 0 spiro atoms. The van der Waals surface area contributed by atoms with E-state index >= 15 is 0 Å². The average molecular weight is 289 g/mol. The van der Waals surface area contributed by atoms with Crippen molar-refractivity contribution in [3.8, 4) is 0 Å². The maximum atomic E-state index is 11.9. The lowest BCUT2D eigenvalue weighted by molar-refractivity contribution is -0.122. The van der Waals surface area contributed by atoms with Crippen molar-refractivity contribution in [3.05, 3.63) is 29.7 Å². The van der Waals surface area contributed by atoms with Gasteiger partial charge in [-0.1, -0.05) is 12.1 Å². The smallest absolute Gasteiger partial charge is 0.237 e. The van der Waals surface area contributed by atoms with Crippen molar-refractivity contribution >= 4 is 17.0 Å². The number of hydrogen-bond acceptors (Lipinski definition) is 5. The topological polar surface area (TPSA) is 87.4 Å². The first-order valence-corrected chi connectivity index (χ1v) is 7.17. The zero-order chi connectivity index (χ0) is 14.8. The Balaban J connectivity index is 1.54. The van der Waals surface area contributed by atoms with Gasteiger partial charge in [0.05, 0.1) is 12.1 Å². The van der Waals surface area contributed by atoms with Crippen LogP contribution < -0.4 is 10.6 Å². The van der Waals surface area contributed by atoms with Gasteiger partial charge in [0.15, 0.2) is 11.5 Å². The first-order chi connectivity index (χ1) is 10.1. The Labute approximate surface area is 122 Å². The van der Waals surface area contributed by atoms with Gasteiger partial charge in [-0.05, 0) is 25.0 Å². The Morgan fingerprint density at radius 3 is 3.14 bits per heavy atom. The van der Waals surface area contributed by atoms with Gasteiger partial charge in [0.1, 0.15) is 5.52 Å². The minimum atomic E-state index is -0.430. The van der Waals surface area contributed by atoms with Crippen LogP contribution in [-0.4, -0.2) is 41.2 Å². The van der Waals surface area contributed by atoms with Gasteiger partial charge in [-0.15, -0.1) is 0 Å². The first kappa shape index (κ1) is 14.0. The number of β-amino-alcohol motifs (C(OH)–C–C–N with tert-alkyl or cyclic N) is 1. The number of oxazole rings is 1. The SMILES string of the molecule is Cc1cccc2oc(CCNC(=O)C3CC(O)CN3)nc12. The highest BCUT2D eigenvalue weighted by Gasteiger charge is 2.27. The summed E-state index contributed by atoms with van der Waals surface area (Å²) in [5, 5.41) is 15.2. The van der Waals surface area contributed by atoms with Crippen molar-refractivity contribution in [2.24, 2.45) is 0 Å². The molecular formula is C15H19N3O3. The summed E-state index contributed by atoms with van der Waals surface area (Å²) in [7, 11) is 0. The number of nitrogens with one attached hydrogen (secondary N) is 2. The Morgan fingerprint density at radius 1 is 1.57 bits per heavy atom. The molecule has 1 aliphatic heterocycles. The molecule has 0 radical (unpaired) electrons. The van der Waals surface area contributed by atoms with Crippen LogP contribution in [0.5, 0.6) is 0 Å². The van der Waals surface area contributed by atoms with E-state index in [0.29, 0.717) is 31.8 Å². The molecule has 2 atom stereocenters. The normalized spacial score (nSPS) is 21.8. The van der Waals surface area contributed by atoms with E-state index in [1.807, 2.05) is 25.1 Å². The van der Waals surface area contributed by atoms with Gasteiger partial charge in [-0.2, -0.15) is 0 Å². The molecule has 1 aliphatic rings. The molecule has 6 nitrogen and oxygen atoms in total. The molecule has 1 saturated heterocycles. The molecule has 2 unspecified atom stereocenters. The second kappa shape index (κ2) is 5.83. The van der Waals surface area contributed by atoms with Gasteiger partial charge in [-0.25, -0.2) is 4.98 Å². The number of para-hydroxylation sites is 1. The predicted molar refractivity (Wildman–Crippen MR) is 77.9 cm³/mol. The summed E-state index contributed by atoms with van der Waals surface area (Å²) in [5.41, 5.74) is 2.73. The first-order valence-electron chi connectivity index (χ1n) is 7.17. The highest BCUT2D eigenvalue weighted by Crippen LogP contribution is 2.18. The van der Waals surface area contributed by atoms with E-state index in [4.69, 9.17) is 4.42 Å². The van der Waals surface area contributed by atoms with E-state index in [1.54, 1.807) is 0 Å². The Bertz CT molecular complexity index is 653. The van der Waals surface area contributed by atoms with Gasteiger partial charge < -0.3 is 20.2 Å². The van der Waals surface area contributed by atoms with Crippen molar-refractivity contribution in [2.75, 3.05) is 13.1 Å². The van der Waals surface area contributed by atoms with E-state index in [1.165, 1.54) is 0 Å². The van der Waals surface area contributed by atoms with Crippen molar-refractivity contribution in [1.29, 1.82) is 0 Å². The van der Waals surface area contributed by atoms with Gasteiger partial charge >= 0.3 is 0 Å². The summed E-state index contributed by atoms with van der Waals surface area (Å²) < 4.78 is 5.66. The molecule has 2 aromatic rings. The zero-order valence-electron chi connectivity index (χ0n) is 11.9. The molecule has 1 amide bonds. The minimum absolute atomic E-state index is 0.0844. The van der Waals surface area contributed by atoms with Crippen molar-refractivity contribution in [2.45, 2.75) is 31.9 Å². The summed E-state index contributed by atoms with van der Waals surface area (Å²) in [6.45, 7) is 2.94. The molecule has 21 heavy (non-hydrogen) atoms. The number of fused-ring (bicyclic) bond motifs is 1. The average Bonchev–Trinajstić information content (AvgIpc) is 3.05. The summed E-state index contributed by atoms with van der Waals surface area (Å²) in [6.07, 6.45) is 0.587. The third-order valence-electron chi connectivity index (χ3n) is 3.73. The third kappa shape index (κ3) is 3.06. The fourth-order valence-electron chi connectivity index (χ4n) is 2.57. The van der Waals surface area contributed by atoms with Gasteiger partial charge in [0.25, 0.3) is 0 Å². The van der Waals surface area contributed by atoms with Crippen LogP contribution in [-0.2, 0) is 11.2 Å². The Morgan fingerprint density at radius 2 is 2.43 bits per heavy atom. The van der Waals surface area contributed by atoms with Crippen molar-refractivity contribution < 1.29 is 14.3 Å². The van der Waals surface area contributed by atoms with E-state index < -0.39 is 6.10 Å². The number of amides is 1. The predicted octanol–water partition coefficient (Wildman–Crippen LogP) is 0.518. The van der Waals surface area contributed by atoms with Crippen LogP contribution in [0.25, 0.3) is 11.1 Å². The van der Waals surface area contributed by atoms with E-state index in [0.717, 1.165) is 16.7 Å². The number of carbonyl (C=O) groups excluding carboxylic acids is 1. The quantitative estimate of drug-likeness (QED) is 0.763. The van der Waals surface area contributed by atoms with Crippen LogP contribution in [0.4, 0.5) is 0 Å². The van der Waals surface area contributed by atoms with E-state index in [-0.39, 0.29) is 11.9 Å². The number of aliphatic hydroxyl groups is 1. The molecule has 0 aliphatic carbocycles. The third-order valence-corrected chi connectivity index (χ3v) is 3.73. The monoisotopic (exact) mass is 289 g/mol. The van der Waals surface area contributed by atoms with Crippen LogP contribution in [0.2, 0.25) is 0 Å². The zero-order valence-corrected chi connectivity index (χ0v) is 11.9. The standard InChI is InChI=1S/C15H19N3O3/c1-9-3-2-4-12-14(9)18-13(21-12)5-6-16-15(20)11-7-10(19)8-17-11/h2-4,10-11,17,19H,5-8H2,1H3,(H,16,20). The number of aryl methyl sites for hydroxylation is 1. The van der Waals surface area contributed by atoms with E-state index in [2.05, 4.69) is 15.6 Å². The lowest BCUT2D eigenvalue weighted by Crippen LogP contribution is -2.41. The van der Waals surface area contributed by atoms with Crippen molar-refractivity contribution in [3.63, 3.8) is 0 Å².